The van der Waals surface area contributed by atoms with E-state index in [2.05, 4.69) is 4.74 Å². The summed E-state index contributed by atoms with van der Waals surface area (Å²) in [6.45, 7) is 2.65. The molecule has 1 unspecified atom stereocenters. The van der Waals surface area contributed by atoms with Gasteiger partial charge in [-0.25, -0.2) is 13.6 Å². The van der Waals surface area contributed by atoms with Gasteiger partial charge in [-0.3, -0.25) is 0 Å². The third-order valence-electron chi connectivity index (χ3n) is 3.68. The lowest BCUT2D eigenvalue weighted by Gasteiger charge is -2.27. The first-order chi connectivity index (χ1) is 13.0. The van der Waals surface area contributed by atoms with Crippen LogP contribution in [0.25, 0.3) is 0 Å². The maximum Gasteiger partial charge on any atom is 0.573 e. The molecule has 0 amide bonds. The van der Waals surface area contributed by atoms with Crippen LogP contribution in [0.4, 0.5) is 22.0 Å². The molecule has 0 radical (unpaired) electrons. The highest BCUT2D eigenvalue weighted by atomic mass is 19.4. The molecule has 0 spiro atoms. The first-order valence-corrected chi connectivity index (χ1v) is 7.70. The van der Waals surface area contributed by atoms with Gasteiger partial charge in [0.2, 0.25) is 5.88 Å². The first kappa shape index (κ1) is 21.0. The zero-order valence-electron chi connectivity index (χ0n) is 14.5. The van der Waals surface area contributed by atoms with Crippen LogP contribution in [0.1, 0.15) is 25.3 Å². The van der Waals surface area contributed by atoms with Crippen LogP contribution in [0, 0.1) is 23.0 Å². The molecule has 11 heteroatoms. The van der Waals surface area contributed by atoms with Gasteiger partial charge in [-0.15, -0.1) is 13.2 Å². The van der Waals surface area contributed by atoms with Crippen molar-refractivity contribution in [1.82, 2.24) is 0 Å². The van der Waals surface area contributed by atoms with E-state index < -0.39 is 58.2 Å². The first-order valence-electron chi connectivity index (χ1n) is 7.70. The van der Waals surface area contributed by atoms with Gasteiger partial charge in [0.25, 0.3) is 0 Å². The molecule has 1 heterocycles. The van der Waals surface area contributed by atoms with E-state index in [-0.39, 0.29) is 24.5 Å². The van der Waals surface area contributed by atoms with Crippen molar-refractivity contribution in [3.63, 3.8) is 0 Å². The fourth-order valence-electron chi connectivity index (χ4n) is 2.67. The molecule has 28 heavy (non-hydrogen) atoms. The minimum absolute atomic E-state index is 0.0905. The largest absolute Gasteiger partial charge is 0.573 e. The molecule has 2 N–H and O–H groups in total. The number of hydrogen-bond donors (Lipinski definition) is 1. The van der Waals surface area contributed by atoms with Crippen LogP contribution >= 0.6 is 0 Å². The van der Waals surface area contributed by atoms with E-state index >= 15 is 0 Å². The summed E-state index contributed by atoms with van der Waals surface area (Å²) in [4.78, 5) is 12.3. The Morgan fingerprint density at radius 2 is 1.89 bits per heavy atom. The second-order valence-electron chi connectivity index (χ2n) is 5.46. The van der Waals surface area contributed by atoms with Crippen LogP contribution in [-0.4, -0.2) is 18.9 Å². The number of carbonyl (C=O) groups excluding carboxylic acids is 1. The molecule has 0 saturated heterocycles. The van der Waals surface area contributed by atoms with Crippen molar-refractivity contribution in [2.45, 2.75) is 26.1 Å². The normalized spacial score (nSPS) is 17.1. The molecule has 2 rings (SSSR count). The molecule has 0 fully saturated rings. The number of hydrogen-bond acceptors (Lipinski definition) is 6. The third kappa shape index (κ3) is 4.16. The topological polar surface area (TPSA) is 94.6 Å². The van der Waals surface area contributed by atoms with Gasteiger partial charge in [-0.2, -0.15) is 5.26 Å². The van der Waals surface area contributed by atoms with E-state index in [9.17, 15) is 32.0 Å². The highest BCUT2D eigenvalue weighted by Gasteiger charge is 2.40. The van der Waals surface area contributed by atoms with Crippen molar-refractivity contribution in [1.29, 1.82) is 5.26 Å². The molecular weight excluding hydrogens is 391 g/mol. The average molecular weight is 404 g/mol. The number of carbonyl (C=O) groups is 1. The number of ether oxygens (including phenoxy) is 3. The number of nitrogens with two attached hydrogens (primary N) is 1. The highest BCUT2D eigenvalue weighted by Crippen LogP contribution is 2.42. The molecule has 1 atom stereocenters. The minimum Gasteiger partial charge on any atom is -0.463 e. The van der Waals surface area contributed by atoms with Crippen LogP contribution in [0.15, 0.2) is 34.9 Å². The lowest BCUT2D eigenvalue weighted by Crippen LogP contribution is -2.27. The molecule has 1 aliphatic rings. The Labute approximate surface area is 155 Å². The Morgan fingerprint density at radius 3 is 2.36 bits per heavy atom. The quantitative estimate of drug-likeness (QED) is 0.610. The number of esters is 1. The number of allylic oxidation sites excluding steroid dienone is 2. The number of halogens is 5. The van der Waals surface area contributed by atoms with Crippen LogP contribution in [-0.2, 0) is 14.3 Å². The zero-order valence-corrected chi connectivity index (χ0v) is 14.5. The fourth-order valence-corrected chi connectivity index (χ4v) is 2.67. The monoisotopic (exact) mass is 404 g/mol. The van der Waals surface area contributed by atoms with Gasteiger partial charge in [0.15, 0.2) is 0 Å². The van der Waals surface area contributed by atoms with E-state index in [4.69, 9.17) is 15.2 Å². The van der Waals surface area contributed by atoms with Crippen molar-refractivity contribution >= 4 is 5.97 Å². The summed E-state index contributed by atoms with van der Waals surface area (Å²) in [5.74, 6) is -7.51. The van der Waals surface area contributed by atoms with Crippen molar-refractivity contribution in [2.24, 2.45) is 5.73 Å². The molecule has 0 bridgehead atoms. The number of benzene rings is 1. The summed E-state index contributed by atoms with van der Waals surface area (Å²) < 4.78 is 79.5. The lowest BCUT2D eigenvalue weighted by atomic mass is 9.82. The average Bonchev–Trinajstić information content (AvgIpc) is 2.52. The molecule has 1 aromatic carbocycles. The Hall–Kier alpha value is -3.29. The maximum absolute atomic E-state index is 14.6. The standard InChI is InChI=1S/C17H13F5N2O4/c1-3-26-16(25)12-7(2)27-15(24)9(6-23)13(12)14-10(18)4-8(5-11(14)19)28-17(20,21)22/h4-5,13H,3,24H2,1-2H3. The van der Waals surface area contributed by atoms with Gasteiger partial charge in [0.1, 0.15) is 34.8 Å². The van der Waals surface area contributed by atoms with Crippen molar-refractivity contribution in [3.8, 4) is 11.8 Å². The second kappa shape index (κ2) is 7.75. The van der Waals surface area contributed by atoms with Crippen molar-refractivity contribution in [2.75, 3.05) is 6.61 Å². The minimum atomic E-state index is -5.17. The SMILES string of the molecule is CCOC(=O)C1=C(C)OC(N)=C(C#N)C1c1c(F)cc(OC(F)(F)F)cc1F. The van der Waals surface area contributed by atoms with E-state index in [0.29, 0.717) is 0 Å². The van der Waals surface area contributed by atoms with Crippen LogP contribution in [0.2, 0.25) is 0 Å². The summed E-state index contributed by atoms with van der Waals surface area (Å²) >= 11 is 0. The smallest absolute Gasteiger partial charge is 0.463 e. The van der Waals surface area contributed by atoms with E-state index in [1.54, 1.807) is 6.07 Å². The van der Waals surface area contributed by atoms with Crippen molar-refractivity contribution < 1.29 is 41.0 Å². The predicted molar refractivity (Wildman–Crippen MR) is 83.0 cm³/mol. The molecule has 6 nitrogen and oxygen atoms in total. The van der Waals surface area contributed by atoms with Gasteiger partial charge in [0, 0.05) is 17.7 Å². The predicted octanol–water partition coefficient (Wildman–Crippen LogP) is 3.51. The van der Waals surface area contributed by atoms with E-state index in [1.807, 2.05) is 0 Å². The Morgan fingerprint density at radius 1 is 1.32 bits per heavy atom. The van der Waals surface area contributed by atoms with Crippen LogP contribution in [0.5, 0.6) is 5.75 Å². The summed E-state index contributed by atoms with van der Waals surface area (Å²) in [6.07, 6.45) is -5.17. The Kier molecular flexibility index (Phi) is 5.82. The molecule has 0 aromatic heterocycles. The van der Waals surface area contributed by atoms with E-state index in [1.165, 1.54) is 13.8 Å². The Bertz CT molecular complexity index is 892. The van der Waals surface area contributed by atoms with Crippen molar-refractivity contribution in [3.05, 3.63) is 52.1 Å². The summed E-state index contributed by atoms with van der Waals surface area (Å²) in [7, 11) is 0. The van der Waals surface area contributed by atoms with Gasteiger partial charge in [-0.1, -0.05) is 0 Å². The number of rotatable bonds is 4. The molecule has 1 aromatic rings. The highest BCUT2D eigenvalue weighted by molar-refractivity contribution is 5.92. The Balaban J connectivity index is 2.68. The summed E-state index contributed by atoms with van der Waals surface area (Å²) in [5.41, 5.74) is 3.80. The van der Waals surface area contributed by atoms with Gasteiger partial charge in [0.05, 0.1) is 18.1 Å². The van der Waals surface area contributed by atoms with Gasteiger partial charge in [-0.05, 0) is 13.8 Å². The lowest BCUT2D eigenvalue weighted by molar-refractivity contribution is -0.274. The number of alkyl halides is 3. The molecule has 0 aliphatic carbocycles. The number of nitrogens with zero attached hydrogens (tertiary/aromatic N) is 1. The number of nitriles is 1. The molecular formula is C17H13F5N2O4. The van der Waals surface area contributed by atoms with E-state index in [0.717, 1.165) is 0 Å². The summed E-state index contributed by atoms with van der Waals surface area (Å²) in [6, 6.07) is 2.16. The van der Waals surface area contributed by atoms with Crippen LogP contribution in [0.3, 0.4) is 0 Å². The van der Waals surface area contributed by atoms with Gasteiger partial charge >= 0.3 is 12.3 Å². The fraction of sp³-hybridized carbons (Fsp3) is 0.294. The third-order valence-corrected chi connectivity index (χ3v) is 3.68. The zero-order chi connectivity index (χ0) is 21.2. The van der Waals surface area contributed by atoms with Crippen LogP contribution < -0.4 is 10.5 Å². The second-order valence-corrected chi connectivity index (χ2v) is 5.46. The molecule has 150 valence electrons. The molecule has 1 aliphatic heterocycles. The summed E-state index contributed by atoms with van der Waals surface area (Å²) in [5, 5.41) is 9.34. The van der Waals surface area contributed by atoms with Gasteiger partial charge < -0.3 is 19.9 Å². The molecule has 0 saturated carbocycles. The maximum atomic E-state index is 14.6.